The van der Waals surface area contributed by atoms with Gasteiger partial charge in [0.05, 0.1) is 26.9 Å². The lowest BCUT2D eigenvalue weighted by molar-refractivity contribution is 0.0527. The second kappa shape index (κ2) is 15.0. The second-order valence-electron chi connectivity index (χ2n) is 7.59. The van der Waals surface area contributed by atoms with Crippen molar-refractivity contribution in [2.75, 3.05) is 40.4 Å². The molecule has 0 aliphatic heterocycles. The summed E-state index contributed by atoms with van der Waals surface area (Å²) in [5, 5.41) is 19.5. The minimum Gasteiger partial charge on any atom is -0.497 e. The Hall–Kier alpha value is -1.95. The van der Waals surface area contributed by atoms with Gasteiger partial charge < -0.3 is 35.3 Å². The molecule has 4 N–H and O–H groups in total. The van der Waals surface area contributed by atoms with Crippen molar-refractivity contribution in [3.63, 3.8) is 0 Å². The van der Waals surface area contributed by atoms with E-state index in [9.17, 15) is 9.90 Å². The van der Waals surface area contributed by atoms with Gasteiger partial charge in [-0.1, -0.05) is 0 Å². The fourth-order valence-corrected chi connectivity index (χ4v) is 2.45. The molecule has 0 aliphatic carbocycles. The fraction of sp³-hybridized carbons (Fsp3) is 0.619. The molecule has 0 saturated heterocycles. The number of hydrogen-bond donors (Lipinski definition) is 4. The normalized spacial score (nSPS) is 12.3. The molecule has 178 valence electrons. The van der Waals surface area contributed by atoms with Crippen molar-refractivity contribution in [2.45, 2.75) is 45.8 Å². The number of guanidine groups is 1. The zero-order chi connectivity index (χ0) is 22.6. The van der Waals surface area contributed by atoms with Gasteiger partial charge >= 0.3 is 6.09 Å². The van der Waals surface area contributed by atoms with E-state index in [1.807, 2.05) is 27.7 Å². The van der Waals surface area contributed by atoms with E-state index in [1.165, 1.54) is 0 Å². The summed E-state index contributed by atoms with van der Waals surface area (Å²) in [7, 11) is 3.13. The number of nitrogens with zero attached hydrogens (tertiary/aromatic N) is 1. The van der Waals surface area contributed by atoms with Gasteiger partial charge in [0, 0.05) is 25.7 Å². The van der Waals surface area contributed by atoms with Crippen LogP contribution in [0.25, 0.3) is 0 Å². The first-order valence-corrected chi connectivity index (χ1v) is 10.1. The molecule has 1 aromatic carbocycles. The Morgan fingerprint density at radius 2 is 1.65 bits per heavy atom. The van der Waals surface area contributed by atoms with E-state index >= 15 is 0 Å². The number of halogens is 1. The molecule has 1 rings (SSSR count). The summed E-state index contributed by atoms with van der Waals surface area (Å²) in [5.41, 5.74) is 0.147. The van der Waals surface area contributed by atoms with E-state index in [2.05, 4.69) is 20.9 Å². The van der Waals surface area contributed by atoms with Crippen LogP contribution >= 0.6 is 24.0 Å². The van der Waals surface area contributed by atoms with Crippen molar-refractivity contribution in [2.24, 2.45) is 4.99 Å². The molecule has 0 fully saturated rings. The molecule has 0 aromatic heterocycles. The highest BCUT2D eigenvalue weighted by molar-refractivity contribution is 14.0. The molecule has 0 aliphatic rings. The van der Waals surface area contributed by atoms with Crippen molar-refractivity contribution in [1.29, 1.82) is 0 Å². The third kappa shape index (κ3) is 12.5. The monoisotopic (exact) mass is 552 g/mol. The number of hydrogen-bond acceptors (Lipinski definition) is 6. The summed E-state index contributed by atoms with van der Waals surface area (Å²) in [6.07, 6.45) is -0.544. The van der Waals surface area contributed by atoms with Gasteiger partial charge in [-0.3, -0.25) is 4.99 Å². The van der Waals surface area contributed by atoms with Crippen LogP contribution in [0.2, 0.25) is 0 Å². The van der Waals surface area contributed by atoms with Gasteiger partial charge in [-0.25, -0.2) is 4.79 Å². The maximum Gasteiger partial charge on any atom is 0.407 e. The highest BCUT2D eigenvalue weighted by atomic mass is 127. The molecule has 1 amide bonds. The topological polar surface area (TPSA) is 113 Å². The zero-order valence-electron chi connectivity index (χ0n) is 19.3. The number of amides is 1. The van der Waals surface area contributed by atoms with Crippen LogP contribution in [0.4, 0.5) is 4.79 Å². The van der Waals surface area contributed by atoms with E-state index in [0.29, 0.717) is 49.1 Å². The number of ether oxygens (including phenoxy) is 3. The number of aliphatic hydroxyl groups is 1. The minimum atomic E-state index is -0.807. The Bertz CT molecular complexity index is 673. The number of aliphatic imine (C=N–C) groups is 1. The van der Waals surface area contributed by atoms with Crippen molar-refractivity contribution < 1.29 is 24.1 Å². The van der Waals surface area contributed by atoms with Crippen LogP contribution in [0, 0.1) is 0 Å². The first kappa shape index (κ1) is 29.1. The molecule has 1 aromatic rings. The van der Waals surface area contributed by atoms with Crippen LogP contribution in [-0.2, 0) is 4.74 Å². The number of alkyl carbamates (subject to hydrolysis) is 1. The molecule has 0 bridgehead atoms. The van der Waals surface area contributed by atoms with Crippen LogP contribution in [0.5, 0.6) is 11.5 Å². The average molecular weight is 552 g/mol. The number of nitrogens with one attached hydrogen (secondary N) is 3. The van der Waals surface area contributed by atoms with Crippen LogP contribution in [0.15, 0.2) is 23.2 Å². The maximum atomic E-state index is 11.6. The zero-order valence-corrected chi connectivity index (χ0v) is 21.6. The first-order valence-electron chi connectivity index (χ1n) is 10.1. The first-order chi connectivity index (χ1) is 14.2. The molecule has 0 radical (unpaired) electrons. The Balaban J connectivity index is 0.00000900. The van der Waals surface area contributed by atoms with Crippen molar-refractivity contribution in [3.05, 3.63) is 23.8 Å². The molecule has 10 heteroatoms. The number of rotatable bonds is 10. The van der Waals surface area contributed by atoms with Gasteiger partial charge in [-0.05, 0) is 51.8 Å². The van der Waals surface area contributed by atoms with Gasteiger partial charge in [-0.15, -0.1) is 24.0 Å². The van der Waals surface area contributed by atoms with Gasteiger partial charge in [0.2, 0.25) is 0 Å². The molecule has 0 heterocycles. The predicted molar refractivity (Wildman–Crippen MR) is 133 cm³/mol. The molecule has 0 saturated carbocycles. The Kier molecular flexibility index (Phi) is 14.0. The number of carbonyl (C=O) groups excluding carboxylic acids is 1. The molecule has 1 unspecified atom stereocenters. The van der Waals surface area contributed by atoms with Crippen molar-refractivity contribution >= 4 is 36.0 Å². The number of carbonyl (C=O) groups is 1. The molecule has 31 heavy (non-hydrogen) atoms. The number of aliphatic hydroxyl groups excluding tert-OH is 1. The maximum absolute atomic E-state index is 11.6. The third-order valence-electron chi connectivity index (χ3n) is 3.84. The number of benzene rings is 1. The Labute approximate surface area is 202 Å². The highest BCUT2D eigenvalue weighted by Gasteiger charge is 2.15. The van der Waals surface area contributed by atoms with Gasteiger partial charge in [0.1, 0.15) is 17.1 Å². The lowest BCUT2D eigenvalue weighted by Crippen LogP contribution is -2.39. The van der Waals surface area contributed by atoms with E-state index in [4.69, 9.17) is 14.2 Å². The van der Waals surface area contributed by atoms with E-state index in [0.717, 1.165) is 0 Å². The van der Waals surface area contributed by atoms with Crippen LogP contribution in [0.3, 0.4) is 0 Å². The molecular weight excluding hydrogens is 515 g/mol. The Morgan fingerprint density at radius 3 is 2.16 bits per heavy atom. The standard InChI is InChI=1S/C21H36N4O5.HI/c1-7-22-19(23-9-8-10-24-20(27)30-21(2,3)4)25-14-18(26)15-11-16(28-5)13-17(12-15)29-6;/h11-13,18,26H,7-10,14H2,1-6H3,(H,24,27)(H2,22,23,25);1H. The van der Waals surface area contributed by atoms with Crippen molar-refractivity contribution in [3.8, 4) is 11.5 Å². The van der Waals surface area contributed by atoms with Gasteiger partial charge in [0.25, 0.3) is 0 Å². The fourth-order valence-electron chi connectivity index (χ4n) is 2.45. The quantitative estimate of drug-likeness (QED) is 0.153. The van der Waals surface area contributed by atoms with Crippen LogP contribution in [0.1, 0.15) is 45.8 Å². The summed E-state index contributed by atoms with van der Waals surface area (Å²) in [6.45, 7) is 9.37. The molecule has 0 spiro atoms. The summed E-state index contributed by atoms with van der Waals surface area (Å²) in [6, 6.07) is 5.26. The lowest BCUT2D eigenvalue weighted by Gasteiger charge is -2.19. The SMILES string of the molecule is CCNC(=NCC(O)c1cc(OC)cc(OC)c1)NCCCNC(=O)OC(C)(C)C.I. The lowest BCUT2D eigenvalue weighted by atomic mass is 10.1. The molecule has 1 atom stereocenters. The smallest absolute Gasteiger partial charge is 0.407 e. The summed E-state index contributed by atoms with van der Waals surface area (Å²) in [4.78, 5) is 16.1. The Morgan fingerprint density at radius 1 is 1.06 bits per heavy atom. The van der Waals surface area contributed by atoms with E-state index in [-0.39, 0.29) is 30.5 Å². The van der Waals surface area contributed by atoms with Crippen molar-refractivity contribution in [1.82, 2.24) is 16.0 Å². The third-order valence-corrected chi connectivity index (χ3v) is 3.84. The van der Waals surface area contributed by atoms with E-state index < -0.39 is 17.8 Å². The summed E-state index contributed by atoms with van der Waals surface area (Å²) < 4.78 is 15.7. The average Bonchev–Trinajstić information content (AvgIpc) is 2.69. The second-order valence-corrected chi connectivity index (χ2v) is 7.59. The summed E-state index contributed by atoms with van der Waals surface area (Å²) in [5.74, 6) is 1.80. The number of methoxy groups -OCH3 is 2. The van der Waals surface area contributed by atoms with Gasteiger partial charge in [-0.2, -0.15) is 0 Å². The largest absolute Gasteiger partial charge is 0.497 e. The van der Waals surface area contributed by atoms with Crippen LogP contribution < -0.4 is 25.4 Å². The summed E-state index contributed by atoms with van der Waals surface area (Å²) >= 11 is 0. The molecular formula is C21H37IN4O5. The highest BCUT2D eigenvalue weighted by Crippen LogP contribution is 2.26. The molecule has 9 nitrogen and oxygen atoms in total. The minimum absolute atomic E-state index is 0. The predicted octanol–water partition coefficient (Wildman–Crippen LogP) is 2.83. The van der Waals surface area contributed by atoms with Crippen LogP contribution in [-0.4, -0.2) is 63.2 Å². The van der Waals surface area contributed by atoms with E-state index in [1.54, 1.807) is 32.4 Å². The van der Waals surface area contributed by atoms with Gasteiger partial charge in [0.15, 0.2) is 5.96 Å².